The summed E-state index contributed by atoms with van der Waals surface area (Å²) in [6, 6.07) is 3.63. The second-order valence-electron chi connectivity index (χ2n) is 5.16. The number of thiol groups is 1. The third kappa shape index (κ3) is 3.06. The maximum atomic E-state index is 12.9. The molecule has 0 N–H and O–H groups in total. The number of benzene rings is 1. The maximum Gasteiger partial charge on any atom is 0.453 e. The van der Waals surface area contributed by atoms with Crippen LogP contribution in [0.15, 0.2) is 17.0 Å². The molecular weight excluding hydrogens is 313 g/mol. The Morgan fingerprint density at radius 2 is 1.91 bits per heavy atom. The van der Waals surface area contributed by atoms with Gasteiger partial charge in [0.05, 0.1) is 5.69 Å². The molecule has 22 heavy (non-hydrogen) atoms. The third-order valence-corrected chi connectivity index (χ3v) is 3.67. The molecule has 0 saturated carbocycles. The van der Waals surface area contributed by atoms with Crippen LogP contribution in [0.5, 0.6) is 0 Å². The Labute approximate surface area is 132 Å². The predicted molar refractivity (Wildman–Crippen MR) is 82.1 cm³/mol. The molecular formula is C14H17F3N4S. The fourth-order valence-corrected chi connectivity index (χ4v) is 2.48. The molecule has 0 atom stereocenters. The molecule has 0 bridgehead atoms. The highest BCUT2D eigenvalue weighted by Gasteiger charge is 2.37. The summed E-state index contributed by atoms with van der Waals surface area (Å²) in [5, 5.41) is 3.64. The summed E-state index contributed by atoms with van der Waals surface area (Å²) in [6.07, 6.45) is -3.79. The fraction of sp³-hybridized carbons (Fsp3) is 0.429. The van der Waals surface area contributed by atoms with E-state index in [0.717, 1.165) is 22.4 Å². The molecule has 8 heteroatoms. The summed E-state index contributed by atoms with van der Waals surface area (Å²) < 4.78 is 39.9. The lowest BCUT2D eigenvalue weighted by Crippen LogP contribution is -2.16. The molecule has 0 spiro atoms. The van der Waals surface area contributed by atoms with E-state index in [2.05, 4.69) is 22.7 Å². The zero-order valence-electron chi connectivity index (χ0n) is 12.7. The van der Waals surface area contributed by atoms with E-state index in [1.807, 2.05) is 19.9 Å². The lowest BCUT2D eigenvalue weighted by atomic mass is 10.1. The van der Waals surface area contributed by atoms with Crippen molar-refractivity contribution in [1.82, 2.24) is 14.8 Å². The van der Waals surface area contributed by atoms with Crippen molar-refractivity contribution in [1.29, 1.82) is 0 Å². The molecule has 4 nitrogen and oxygen atoms in total. The van der Waals surface area contributed by atoms with Crippen LogP contribution < -0.4 is 4.90 Å². The summed E-state index contributed by atoms with van der Waals surface area (Å²) in [6.45, 7) is 3.83. The minimum atomic E-state index is -4.59. The lowest BCUT2D eigenvalue weighted by Gasteiger charge is -2.15. The molecule has 1 aromatic carbocycles. The molecule has 0 aliphatic heterocycles. The summed E-state index contributed by atoms with van der Waals surface area (Å²) in [5.41, 5.74) is 2.39. The highest BCUT2D eigenvalue weighted by Crippen LogP contribution is 2.31. The van der Waals surface area contributed by atoms with Crippen LogP contribution in [-0.2, 0) is 12.6 Å². The second kappa shape index (κ2) is 5.83. The van der Waals surface area contributed by atoms with Crippen molar-refractivity contribution in [3.05, 3.63) is 29.1 Å². The van der Waals surface area contributed by atoms with E-state index < -0.39 is 12.0 Å². The third-order valence-electron chi connectivity index (χ3n) is 3.25. The lowest BCUT2D eigenvalue weighted by molar-refractivity contribution is -0.144. The van der Waals surface area contributed by atoms with E-state index in [4.69, 9.17) is 0 Å². The van der Waals surface area contributed by atoms with Gasteiger partial charge in [-0.25, -0.2) is 0 Å². The quantitative estimate of drug-likeness (QED) is 0.875. The van der Waals surface area contributed by atoms with Crippen molar-refractivity contribution >= 4 is 18.6 Å². The van der Waals surface area contributed by atoms with Gasteiger partial charge in [0.15, 0.2) is 0 Å². The Balaban J connectivity index is 2.66. The molecule has 0 amide bonds. The molecule has 0 aliphatic rings. The number of hydrogen-bond acceptors (Lipinski definition) is 4. The Bertz CT molecular complexity index is 692. The van der Waals surface area contributed by atoms with Gasteiger partial charge in [-0.15, -0.1) is 17.7 Å². The Morgan fingerprint density at radius 1 is 1.27 bits per heavy atom. The van der Waals surface area contributed by atoms with E-state index in [-0.39, 0.29) is 5.95 Å². The maximum absolute atomic E-state index is 12.9. The summed E-state index contributed by atoms with van der Waals surface area (Å²) >= 11 is 4.40. The van der Waals surface area contributed by atoms with Crippen molar-refractivity contribution in [2.75, 3.05) is 19.0 Å². The number of alkyl halides is 3. The number of nitrogens with zero attached hydrogens (tertiary/aromatic N) is 4. The zero-order valence-corrected chi connectivity index (χ0v) is 13.6. The molecule has 0 saturated heterocycles. The van der Waals surface area contributed by atoms with E-state index >= 15 is 0 Å². The zero-order chi connectivity index (χ0) is 16.7. The van der Waals surface area contributed by atoms with E-state index in [9.17, 15) is 13.2 Å². The minimum Gasteiger partial charge on any atom is -0.347 e. The van der Waals surface area contributed by atoms with Crippen LogP contribution in [0.4, 0.5) is 19.1 Å². The SMILES string of the molecule is CCc1cc(C)c(-n2nc(C(F)(F)F)nc2N(C)C)cc1S. The van der Waals surface area contributed by atoms with Gasteiger partial charge in [-0.3, -0.25) is 0 Å². The minimum absolute atomic E-state index is 0.118. The van der Waals surface area contributed by atoms with Crippen LogP contribution in [0, 0.1) is 6.92 Å². The molecule has 120 valence electrons. The normalized spacial score (nSPS) is 11.8. The molecule has 1 aromatic heterocycles. The Kier molecular flexibility index (Phi) is 4.42. The van der Waals surface area contributed by atoms with Crippen LogP contribution in [0.25, 0.3) is 5.69 Å². The van der Waals surface area contributed by atoms with Crippen LogP contribution in [-0.4, -0.2) is 28.9 Å². The number of aromatic nitrogens is 3. The van der Waals surface area contributed by atoms with Crippen molar-refractivity contribution in [3.8, 4) is 5.69 Å². The number of hydrogen-bond donors (Lipinski definition) is 1. The van der Waals surface area contributed by atoms with Crippen LogP contribution in [0.1, 0.15) is 23.9 Å². The van der Waals surface area contributed by atoms with Gasteiger partial charge in [0, 0.05) is 19.0 Å². The van der Waals surface area contributed by atoms with Crippen molar-refractivity contribution in [2.45, 2.75) is 31.3 Å². The van der Waals surface area contributed by atoms with Gasteiger partial charge < -0.3 is 4.90 Å². The van der Waals surface area contributed by atoms with Crippen molar-refractivity contribution < 1.29 is 13.2 Å². The number of rotatable bonds is 3. The van der Waals surface area contributed by atoms with Crippen LogP contribution in [0.2, 0.25) is 0 Å². The van der Waals surface area contributed by atoms with E-state index in [1.165, 1.54) is 9.58 Å². The summed E-state index contributed by atoms with van der Waals surface area (Å²) in [5.74, 6) is -1.04. The first-order chi connectivity index (χ1) is 10.1. The summed E-state index contributed by atoms with van der Waals surface area (Å²) in [4.78, 5) is 5.81. The van der Waals surface area contributed by atoms with Gasteiger partial charge in [-0.1, -0.05) is 13.0 Å². The van der Waals surface area contributed by atoms with E-state index in [0.29, 0.717) is 5.69 Å². The molecule has 2 aromatic rings. The van der Waals surface area contributed by atoms with Crippen molar-refractivity contribution in [2.24, 2.45) is 0 Å². The largest absolute Gasteiger partial charge is 0.453 e. The monoisotopic (exact) mass is 330 g/mol. The number of aryl methyl sites for hydroxylation is 2. The van der Waals surface area contributed by atoms with Gasteiger partial charge in [0.2, 0.25) is 5.95 Å². The van der Waals surface area contributed by atoms with Gasteiger partial charge in [-0.05, 0) is 30.5 Å². The Morgan fingerprint density at radius 3 is 2.41 bits per heavy atom. The van der Waals surface area contributed by atoms with Gasteiger partial charge in [0.25, 0.3) is 5.82 Å². The van der Waals surface area contributed by atoms with Crippen LogP contribution in [0.3, 0.4) is 0 Å². The molecule has 2 rings (SSSR count). The molecule has 0 radical (unpaired) electrons. The molecule has 0 aliphatic carbocycles. The van der Waals surface area contributed by atoms with Crippen LogP contribution >= 0.6 is 12.6 Å². The average Bonchev–Trinajstić information content (AvgIpc) is 2.85. The first kappa shape index (κ1) is 16.7. The van der Waals surface area contributed by atoms with Crippen molar-refractivity contribution in [3.63, 3.8) is 0 Å². The smallest absolute Gasteiger partial charge is 0.347 e. The van der Waals surface area contributed by atoms with E-state index in [1.54, 1.807) is 20.2 Å². The molecule has 1 heterocycles. The molecule has 0 unspecified atom stereocenters. The summed E-state index contributed by atoms with van der Waals surface area (Å²) in [7, 11) is 3.25. The average molecular weight is 330 g/mol. The first-order valence-corrected chi connectivity index (χ1v) is 7.14. The standard InChI is InChI=1S/C14H17F3N4S/c1-5-9-6-8(2)10(7-11(9)22)21-13(20(3)4)18-12(19-21)14(15,16)17/h6-7,22H,5H2,1-4H3. The second-order valence-corrected chi connectivity index (χ2v) is 5.64. The van der Waals surface area contributed by atoms with Gasteiger partial charge >= 0.3 is 6.18 Å². The van der Waals surface area contributed by atoms with Gasteiger partial charge in [0.1, 0.15) is 0 Å². The fourth-order valence-electron chi connectivity index (χ4n) is 2.13. The Hall–Kier alpha value is -1.70. The van der Waals surface area contributed by atoms with Gasteiger partial charge in [-0.2, -0.15) is 22.8 Å². The number of halogens is 3. The number of anilines is 1. The highest BCUT2D eigenvalue weighted by molar-refractivity contribution is 7.80. The topological polar surface area (TPSA) is 34.0 Å². The predicted octanol–water partition coefficient (Wildman–Crippen LogP) is 3.51. The molecule has 0 fully saturated rings. The highest BCUT2D eigenvalue weighted by atomic mass is 32.1. The first-order valence-electron chi connectivity index (χ1n) is 6.69.